The van der Waals surface area contributed by atoms with Crippen LogP contribution in [0.4, 0.5) is 0 Å². The molecule has 0 radical (unpaired) electrons. The van der Waals surface area contributed by atoms with Gasteiger partial charge in [0.25, 0.3) is 0 Å². The van der Waals surface area contributed by atoms with Crippen LogP contribution in [0.5, 0.6) is 0 Å². The fourth-order valence-electron chi connectivity index (χ4n) is 2.13. The van der Waals surface area contributed by atoms with E-state index < -0.39 is 0 Å². The molecule has 1 aliphatic carbocycles. The third-order valence-electron chi connectivity index (χ3n) is 3.17. The van der Waals surface area contributed by atoms with Gasteiger partial charge >= 0.3 is 0 Å². The molecular formula is C10H20N2. The molecule has 2 N–H and O–H groups in total. The van der Waals surface area contributed by atoms with Gasteiger partial charge in [-0.15, -0.1) is 0 Å². The molecular weight excluding hydrogens is 148 g/mol. The van der Waals surface area contributed by atoms with E-state index >= 15 is 0 Å². The van der Waals surface area contributed by atoms with Gasteiger partial charge in [-0.3, -0.25) is 0 Å². The summed E-state index contributed by atoms with van der Waals surface area (Å²) in [5.74, 6) is 0.836. The second kappa shape index (κ2) is 3.75. The molecule has 2 heteroatoms. The molecule has 2 rings (SSSR count). The molecule has 12 heavy (non-hydrogen) atoms. The van der Waals surface area contributed by atoms with E-state index in [4.69, 9.17) is 5.73 Å². The molecule has 2 fully saturated rings. The maximum absolute atomic E-state index is 5.80. The number of rotatable bonds is 2. The molecule has 2 unspecified atom stereocenters. The van der Waals surface area contributed by atoms with Crippen LogP contribution >= 0.6 is 0 Å². The Morgan fingerprint density at radius 2 is 1.67 bits per heavy atom. The lowest BCUT2D eigenvalue weighted by Crippen LogP contribution is -2.28. The molecule has 0 aromatic heterocycles. The quantitative estimate of drug-likeness (QED) is 0.671. The molecule has 1 aliphatic heterocycles. The first-order valence-corrected chi connectivity index (χ1v) is 5.34. The molecule has 0 bridgehead atoms. The predicted octanol–water partition coefficient (Wildman–Crippen LogP) is 1.21. The van der Waals surface area contributed by atoms with E-state index in [1.165, 1.54) is 51.7 Å². The van der Waals surface area contributed by atoms with Crippen molar-refractivity contribution < 1.29 is 0 Å². The van der Waals surface area contributed by atoms with Gasteiger partial charge < -0.3 is 10.6 Å². The predicted molar refractivity (Wildman–Crippen MR) is 51.0 cm³/mol. The van der Waals surface area contributed by atoms with Crippen LogP contribution in [0, 0.1) is 5.92 Å². The van der Waals surface area contributed by atoms with Crippen molar-refractivity contribution in [2.75, 3.05) is 19.6 Å². The molecule has 70 valence electrons. The molecule has 0 spiro atoms. The van der Waals surface area contributed by atoms with Crippen LogP contribution in [0.25, 0.3) is 0 Å². The van der Waals surface area contributed by atoms with E-state index in [2.05, 4.69) is 4.90 Å². The highest BCUT2D eigenvalue weighted by Gasteiger charge is 2.34. The molecule has 0 amide bonds. The van der Waals surface area contributed by atoms with Gasteiger partial charge in [-0.25, -0.2) is 0 Å². The van der Waals surface area contributed by atoms with E-state index in [9.17, 15) is 0 Å². The monoisotopic (exact) mass is 168 g/mol. The zero-order valence-electron chi connectivity index (χ0n) is 7.84. The molecule has 1 saturated carbocycles. The second-order valence-electron chi connectivity index (χ2n) is 4.37. The van der Waals surface area contributed by atoms with Gasteiger partial charge in [0.1, 0.15) is 0 Å². The first-order chi connectivity index (χ1) is 5.86. The standard InChI is InChI=1S/C10H20N2/c11-10-7-9(10)8-12-5-3-1-2-4-6-12/h9-10H,1-8,11H2. The molecule has 1 heterocycles. The third kappa shape index (κ3) is 2.20. The van der Waals surface area contributed by atoms with Gasteiger partial charge in [0.15, 0.2) is 0 Å². The molecule has 2 aliphatic rings. The fraction of sp³-hybridized carbons (Fsp3) is 1.00. The molecule has 0 aromatic carbocycles. The van der Waals surface area contributed by atoms with E-state index in [1.54, 1.807) is 0 Å². The van der Waals surface area contributed by atoms with Crippen LogP contribution in [-0.4, -0.2) is 30.6 Å². The van der Waals surface area contributed by atoms with Gasteiger partial charge in [0, 0.05) is 12.6 Å². The largest absolute Gasteiger partial charge is 0.327 e. The highest BCUT2D eigenvalue weighted by atomic mass is 15.1. The SMILES string of the molecule is NC1CC1CN1CCCCCC1. The average Bonchev–Trinajstić information content (AvgIpc) is 2.78. The summed E-state index contributed by atoms with van der Waals surface area (Å²) in [5.41, 5.74) is 5.80. The summed E-state index contributed by atoms with van der Waals surface area (Å²) in [5, 5.41) is 0. The van der Waals surface area contributed by atoms with Crippen molar-refractivity contribution in [1.82, 2.24) is 4.90 Å². The van der Waals surface area contributed by atoms with Crippen molar-refractivity contribution in [3.8, 4) is 0 Å². The minimum atomic E-state index is 0.535. The first-order valence-electron chi connectivity index (χ1n) is 5.34. The fourth-order valence-corrected chi connectivity index (χ4v) is 2.13. The number of nitrogens with two attached hydrogens (primary N) is 1. The van der Waals surface area contributed by atoms with Crippen LogP contribution in [0.2, 0.25) is 0 Å². The minimum absolute atomic E-state index is 0.535. The van der Waals surface area contributed by atoms with Gasteiger partial charge in [0.05, 0.1) is 0 Å². The summed E-state index contributed by atoms with van der Waals surface area (Å²) in [7, 11) is 0. The van der Waals surface area contributed by atoms with Crippen molar-refractivity contribution >= 4 is 0 Å². The molecule has 1 saturated heterocycles. The number of likely N-dealkylation sites (tertiary alicyclic amines) is 1. The zero-order chi connectivity index (χ0) is 8.39. The van der Waals surface area contributed by atoms with Crippen molar-refractivity contribution in [3.63, 3.8) is 0 Å². The summed E-state index contributed by atoms with van der Waals surface area (Å²) in [6, 6.07) is 0.535. The minimum Gasteiger partial charge on any atom is -0.327 e. The Bertz CT molecular complexity index is 139. The van der Waals surface area contributed by atoms with Crippen molar-refractivity contribution in [2.24, 2.45) is 11.7 Å². The lowest BCUT2D eigenvalue weighted by Gasteiger charge is -2.19. The topological polar surface area (TPSA) is 29.3 Å². The molecule has 2 nitrogen and oxygen atoms in total. The summed E-state index contributed by atoms with van der Waals surface area (Å²) >= 11 is 0. The Balaban J connectivity index is 1.71. The lowest BCUT2D eigenvalue weighted by atomic mass is 10.2. The number of nitrogens with zero attached hydrogens (tertiary/aromatic N) is 1. The van der Waals surface area contributed by atoms with E-state index in [0.717, 1.165) is 5.92 Å². The van der Waals surface area contributed by atoms with Crippen LogP contribution in [-0.2, 0) is 0 Å². The summed E-state index contributed by atoms with van der Waals surface area (Å²) in [6.07, 6.45) is 6.96. The van der Waals surface area contributed by atoms with Gasteiger partial charge in [-0.1, -0.05) is 12.8 Å². The maximum Gasteiger partial charge on any atom is 0.00836 e. The first kappa shape index (κ1) is 8.52. The summed E-state index contributed by atoms with van der Waals surface area (Å²) in [4.78, 5) is 2.62. The van der Waals surface area contributed by atoms with E-state index in [0.29, 0.717) is 6.04 Å². The number of hydrogen-bond acceptors (Lipinski definition) is 2. The second-order valence-corrected chi connectivity index (χ2v) is 4.37. The van der Waals surface area contributed by atoms with Gasteiger partial charge in [0.2, 0.25) is 0 Å². The lowest BCUT2D eigenvalue weighted by molar-refractivity contribution is 0.272. The Hall–Kier alpha value is -0.0800. The third-order valence-corrected chi connectivity index (χ3v) is 3.17. The Kier molecular flexibility index (Phi) is 2.66. The highest BCUT2D eigenvalue weighted by molar-refractivity contribution is 4.92. The Morgan fingerprint density at radius 1 is 1.08 bits per heavy atom. The summed E-state index contributed by atoms with van der Waals surface area (Å²) < 4.78 is 0. The van der Waals surface area contributed by atoms with Crippen LogP contribution in [0.3, 0.4) is 0 Å². The van der Waals surface area contributed by atoms with Crippen LogP contribution < -0.4 is 5.73 Å². The Morgan fingerprint density at radius 3 is 2.17 bits per heavy atom. The smallest absolute Gasteiger partial charge is 0.00836 e. The zero-order valence-corrected chi connectivity index (χ0v) is 7.84. The van der Waals surface area contributed by atoms with Crippen molar-refractivity contribution in [2.45, 2.75) is 38.1 Å². The van der Waals surface area contributed by atoms with E-state index in [-0.39, 0.29) is 0 Å². The summed E-state index contributed by atoms with van der Waals surface area (Å²) in [6.45, 7) is 3.92. The highest BCUT2D eigenvalue weighted by Crippen LogP contribution is 2.29. The normalized spacial score (nSPS) is 37.8. The Labute approximate surface area is 75.1 Å². The van der Waals surface area contributed by atoms with Gasteiger partial charge in [-0.2, -0.15) is 0 Å². The maximum atomic E-state index is 5.80. The van der Waals surface area contributed by atoms with Crippen LogP contribution in [0.15, 0.2) is 0 Å². The average molecular weight is 168 g/mol. The van der Waals surface area contributed by atoms with Gasteiger partial charge in [-0.05, 0) is 38.3 Å². The number of hydrogen-bond donors (Lipinski definition) is 1. The molecule has 0 aromatic rings. The molecule has 2 atom stereocenters. The van der Waals surface area contributed by atoms with Crippen molar-refractivity contribution in [3.05, 3.63) is 0 Å². The van der Waals surface area contributed by atoms with E-state index in [1.807, 2.05) is 0 Å². The van der Waals surface area contributed by atoms with Crippen LogP contribution in [0.1, 0.15) is 32.1 Å². The van der Waals surface area contributed by atoms with Crippen molar-refractivity contribution in [1.29, 1.82) is 0 Å².